The number of hydrogen-bond donors (Lipinski definition) is 0. The third kappa shape index (κ3) is 51.7. The summed E-state index contributed by atoms with van der Waals surface area (Å²) in [6.07, 6.45) is 13.7. The van der Waals surface area contributed by atoms with Gasteiger partial charge in [0, 0.05) is 29.9 Å². The first-order valence-corrected chi connectivity index (χ1v) is 54.4. The number of hydrogen-bond acceptors (Lipinski definition) is 14. The predicted octanol–water partition coefficient (Wildman–Crippen LogP) is 17.0. The van der Waals surface area contributed by atoms with Gasteiger partial charge < -0.3 is 40.1 Å². The first-order valence-electron chi connectivity index (χ1n) is 30.1. The van der Waals surface area contributed by atoms with E-state index < -0.39 is 66.5 Å². The van der Waals surface area contributed by atoms with E-state index in [1.54, 1.807) is 6.92 Å². The lowest BCUT2D eigenvalue weighted by Crippen LogP contribution is -2.46. The van der Waals surface area contributed by atoms with E-state index in [1.807, 2.05) is 0 Å². The third-order valence-electron chi connectivity index (χ3n) is 12.9. The van der Waals surface area contributed by atoms with E-state index in [0.29, 0.717) is 38.6 Å². The molecular weight excluding hydrogens is 1160 g/mol. The zero-order valence-corrected chi connectivity index (χ0v) is 63.5. The summed E-state index contributed by atoms with van der Waals surface area (Å²) >= 11 is 0. The highest BCUT2D eigenvalue weighted by Gasteiger charge is 2.37. The van der Waals surface area contributed by atoms with Gasteiger partial charge in [0.2, 0.25) is 0 Å². The zero-order valence-electron chi connectivity index (χ0n) is 55.5. The number of esters is 5. The van der Waals surface area contributed by atoms with Crippen molar-refractivity contribution < 1.29 is 64.1 Å². The quantitative estimate of drug-likeness (QED) is 0.0186. The molecule has 0 fully saturated rings. The Morgan fingerprint density at radius 2 is 0.568 bits per heavy atom. The molecule has 0 saturated heterocycles. The fourth-order valence-electron chi connectivity index (χ4n) is 9.60. The topological polar surface area (TPSA) is 168 Å². The van der Waals surface area contributed by atoms with Gasteiger partial charge in [-0.15, -0.1) is 0 Å². The maximum atomic E-state index is 11.2. The van der Waals surface area contributed by atoms with Crippen LogP contribution in [0.2, 0.25) is 152 Å². The number of carbonyl (C=O) groups is 5. The van der Waals surface area contributed by atoms with E-state index in [9.17, 15) is 24.0 Å². The molecule has 0 heterocycles. The molecule has 0 aromatic rings. The highest BCUT2D eigenvalue weighted by molar-refractivity contribution is 6.87. The van der Waals surface area contributed by atoms with Crippen LogP contribution in [0.4, 0.5) is 0 Å². The Morgan fingerprint density at radius 1 is 0.333 bits per heavy atom. The van der Waals surface area contributed by atoms with Crippen molar-refractivity contribution in [1.29, 1.82) is 0 Å². The summed E-state index contributed by atoms with van der Waals surface area (Å²) in [6, 6.07) is 11.0. The summed E-state index contributed by atoms with van der Waals surface area (Å²) in [5.41, 5.74) is 0.462. The maximum absolute atomic E-state index is 11.2. The molecule has 0 amide bonds. The van der Waals surface area contributed by atoms with Crippen LogP contribution in [-0.2, 0) is 64.1 Å². The van der Waals surface area contributed by atoms with Crippen LogP contribution in [0.25, 0.3) is 0 Å². The van der Waals surface area contributed by atoms with Gasteiger partial charge in [-0.3, -0.25) is 0 Å². The predicted molar refractivity (Wildman–Crippen MR) is 361 cm³/mol. The van der Waals surface area contributed by atoms with Crippen LogP contribution in [0, 0.1) is 0 Å². The molecule has 1 atom stereocenters. The molecule has 0 aromatic heterocycles. The van der Waals surface area contributed by atoms with Gasteiger partial charge in [-0.2, -0.15) is 0 Å². The summed E-state index contributed by atoms with van der Waals surface area (Å²) in [4.78, 5) is 55.4. The molecular formula is C59H122O14Si8. The second-order valence-corrected chi connectivity index (χ2v) is 60.5. The van der Waals surface area contributed by atoms with Crippen LogP contribution >= 0.6 is 0 Å². The highest BCUT2D eigenvalue weighted by atomic mass is 28.4. The van der Waals surface area contributed by atoms with E-state index in [1.165, 1.54) is 67.7 Å². The Morgan fingerprint density at radius 3 is 0.827 bits per heavy atom. The van der Waals surface area contributed by atoms with Crippen LogP contribution in [0.5, 0.6) is 0 Å². The minimum absolute atomic E-state index is 0.291. The largest absolute Gasteiger partial charge is 0.463 e. The fraction of sp³-hybridized carbons (Fsp3) is 0.746. The molecule has 0 spiro atoms. The molecule has 0 aliphatic carbocycles. The molecule has 0 N–H and O–H groups in total. The van der Waals surface area contributed by atoms with Gasteiger partial charge in [-0.05, 0) is 191 Å². The van der Waals surface area contributed by atoms with Crippen LogP contribution in [0.3, 0.4) is 0 Å². The highest BCUT2D eigenvalue weighted by Crippen LogP contribution is 2.30. The molecule has 0 radical (unpaired) electrons. The van der Waals surface area contributed by atoms with Crippen molar-refractivity contribution >= 4 is 96.4 Å². The SMILES string of the molecule is C=C(C)C(=O)OCCC[Si](C)(C)O[Si](C)(C)CCC.C=CC(=O)OCCC[Si](C)(C)O[Si](C)(C)CCC.C=CC(=O)OCCC[Si](C)(C)O[Si](C)(CC)CCC.C=CC(=O)OCCC[Si](C)(CCCOC(=O)C=C)O[Si](C)(C)CCC. The monoisotopic (exact) mass is 1280 g/mol. The Hall–Kier alpha value is -2.37. The van der Waals surface area contributed by atoms with Gasteiger partial charge in [0.1, 0.15) is 0 Å². The van der Waals surface area contributed by atoms with Crippen LogP contribution < -0.4 is 0 Å². The lowest BCUT2D eigenvalue weighted by atomic mass is 10.4. The van der Waals surface area contributed by atoms with Crippen LogP contribution in [0.1, 0.15) is 99.3 Å². The Kier molecular flexibility index (Phi) is 47.3. The normalized spacial score (nSPS) is 12.7. The summed E-state index contributed by atoms with van der Waals surface area (Å²) < 4.78 is 51.4. The summed E-state index contributed by atoms with van der Waals surface area (Å²) in [7, 11) is -13.0. The summed E-state index contributed by atoms with van der Waals surface area (Å²) in [5.74, 6) is -1.74. The molecule has 1 unspecified atom stereocenters. The lowest BCUT2D eigenvalue weighted by Gasteiger charge is -2.36. The van der Waals surface area contributed by atoms with Gasteiger partial charge in [0.05, 0.1) is 33.0 Å². The van der Waals surface area contributed by atoms with Crippen molar-refractivity contribution in [2.24, 2.45) is 0 Å². The van der Waals surface area contributed by atoms with Gasteiger partial charge in [-0.1, -0.05) is 93.2 Å². The number of carbonyl (C=O) groups excluding carboxylic acids is 5. The Labute approximate surface area is 504 Å². The Balaban J connectivity index is -0.000000492. The van der Waals surface area contributed by atoms with Crippen molar-refractivity contribution in [3.63, 3.8) is 0 Å². The van der Waals surface area contributed by atoms with Gasteiger partial charge >= 0.3 is 29.8 Å². The second-order valence-electron chi connectivity index (χ2n) is 25.1. The van der Waals surface area contributed by atoms with Crippen molar-refractivity contribution in [3.8, 4) is 0 Å². The second kappa shape index (κ2) is 45.0. The van der Waals surface area contributed by atoms with Crippen molar-refractivity contribution in [2.75, 3.05) is 33.0 Å². The van der Waals surface area contributed by atoms with Crippen LogP contribution in [-0.4, -0.2) is 129 Å². The first kappa shape index (κ1) is 85.1. The van der Waals surface area contributed by atoms with Gasteiger partial charge in [0.25, 0.3) is 0 Å². The average Bonchev–Trinajstić information content (AvgIpc) is 3.34. The third-order valence-corrected chi connectivity index (χ3v) is 45.8. The molecule has 474 valence electrons. The summed E-state index contributed by atoms with van der Waals surface area (Å²) in [6.45, 7) is 63.9. The fourth-order valence-corrected chi connectivity index (χ4v) is 46.5. The van der Waals surface area contributed by atoms with Crippen molar-refractivity contribution in [1.82, 2.24) is 0 Å². The van der Waals surface area contributed by atoms with Crippen molar-refractivity contribution in [3.05, 3.63) is 62.8 Å². The first-order chi connectivity index (χ1) is 37.3. The van der Waals surface area contributed by atoms with Gasteiger partial charge in [0.15, 0.2) is 66.5 Å². The zero-order chi connectivity index (χ0) is 63.6. The minimum atomic E-state index is -1.96. The van der Waals surface area contributed by atoms with E-state index in [2.05, 4.69) is 159 Å². The molecule has 22 heteroatoms. The molecule has 0 aromatic carbocycles. The molecule has 14 nitrogen and oxygen atoms in total. The molecule has 0 bridgehead atoms. The Bertz CT molecular complexity index is 1810. The molecule has 0 aliphatic rings. The van der Waals surface area contributed by atoms with E-state index in [-0.39, 0.29) is 29.8 Å². The van der Waals surface area contributed by atoms with Crippen molar-refractivity contribution in [2.45, 2.75) is 251 Å². The van der Waals surface area contributed by atoms with Gasteiger partial charge in [-0.25, -0.2) is 24.0 Å². The van der Waals surface area contributed by atoms with E-state index in [4.69, 9.17) is 40.1 Å². The number of ether oxygens (including phenoxy) is 5. The van der Waals surface area contributed by atoms with E-state index in [0.717, 1.165) is 74.8 Å². The standard InChI is InChI=1S/C18H34O5Si2.2C14H30O3Si2.C13H28O3Si2/c1-7-14-24(4,5)23-25(6,15-10-12-21-17(19)8-2)16-11-13-22-18(20)9-3;1-8-11-18(4,5)17-19(6,7)12-9-10-16-14(15)13(2)3;1-7-12-19(6,9-3)17-18(4,5)13-10-11-16-14(15)8-2;1-7-11-17(3,4)16-18(5,6)12-9-10-15-13(14)8-2/h8-9H,2-3,7,10-16H2,1,4-6H3;2,8-12H2,1,3-7H3;8H,2,7,9-13H2,1,3-6H3;8H,2,7,9-12H2,1,3-6H3. The minimum Gasteiger partial charge on any atom is -0.463 e. The average molecular weight is 1280 g/mol. The van der Waals surface area contributed by atoms with E-state index >= 15 is 0 Å². The molecule has 81 heavy (non-hydrogen) atoms. The number of rotatable bonds is 42. The molecule has 0 aliphatic heterocycles. The van der Waals surface area contributed by atoms with Crippen LogP contribution in [0.15, 0.2) is 62.8 Å². The molecule has 0 rings (SSSR count). The maximum Gasteiger partial charge on any atom is 0.333 e. The summed E-state index contributed by atoms with van der Waals surface area (Å²) in [5, 5.41) is 0. The lowest BCUT2D eigenvalue weighted by molar-refractivity contribution is -0.139. The molecule has 0 saturated carbocycles. The smallest absolute Gasteiger partial charge is 0.333 e.